The van der Waals surface area contributed by atoms with Gasteiger partial charge in [-0.3, -0.25) is 0 Å². The van der Waals surface area contributed by atoms with Crippen LogP contribution >= 0.6 is 0 Å². The van der Waals surface area contributed by atoms with Crippen molar-refractivity contribution in [2.45, 2.75) is 39.5 Å². The van der Waals surface area contributed by atoms with Crippen molar-refractivity contribution in [1.29, 1.82) is 0 Å². The van der Waals surface area contributed by atoms with E-state index in [2.05, 4.69) is 18.8 Å². The van der Waals surface area contributed by atoms with Gasteiger partial charge in [0, 0.05) is 17.7 Å². The number of hydrogen-bond donors (Lipinski definition) is 1. The number of ether oxygens (including phenoxy) is 1. The van der Waals surface area contributed by atoms with Crippen LogP contribution in [0.5, 0.6) is 5.75 Å². The molecule has 1 atom stereocenters. The van der Waals surface area contributed by atoms with Crippen LogP contribution in [0.3, 0.4) is 0 Å². The van der Waals surface area contributed by atoms with Crippen molar-refractivity contribution in [1.82, 2.24) is 9.55 Å². The molecule has 2 aromatic rings. The summed E-state index contributed by atoms with van der Waals surface area (Å²) in [5.74, 6) is -0.0294. The first-order valence-corrected chi connectivity index (χ1v) is 6.60. The van der Waals surface area contributed by atoms with Gasteiger partial charge in [0.15, 0.2) is 0 Å². The average molecular weight is 278 g/mol. The molecule has 2 rings (SSSR count). The SMILES string of the molecule is CC(C)n1cncc1COc1ccc([C@@H](C)O)c(F)c1. The predicted molar refractivity (Wildman–Crippen MR) is 74.0 cm³/mol. The number of nitrogens with zero attached hydrogens (tertiary/aromatic N) is 2. The van der Waals surface area contributed by atoms with Gasteiger partial charge in [0.05, 0.1) is 24.3 Å². The first-order chi connectivity index (χ1) is 9.49. The minimum atomic E-state index is -0.827. The smallest absolute Gasteiger partial charge is 0.132 e. The fourth-order valence-corrected chi connectivity index (χ4v) is 2.00. The Morgan fingerprint density at radius 2 is 2.10 bits per heavy atom. The molecule has 0 amide bonds. The number of hydrogen-bond acceptors (Lipinski definition) is 3. The highest BCUT2D eigenvalue weighted by Gasteiger charge is 2.10. The van der Waals surface area contributed by atoms with E-state index in [1.54, 1.807) is 18.6 Å². The summed E-state index contributed by atoms with van der Waals surface area (Å²) < 4.78 is 21.3. The van der Waals surface area contributed by atoms with Crippen LogP contribution in [0.1, 0.15) is 44.2 Å². The number of rotatable bonds is 5. The van der Waals surface area contributed by atoms with E-state index in [9.17, 15) is 9.50 Å². The van der Waals surface area contributed by atoms with Gasteiger partial charge in [-0.2, -0.15) is 0 Å². The van der Waals surface area contributed by atoms with Crippen molar-refractivity contribution in [2.24, 2.45) is 0 Å². The van der Waals surface area contributed by atoms with E-state index >= 15 is 0 Å². The molecule has 108 valence electrons. The minimum Gasteiger partial charge on any atom is -0.487 e. The summed E-state index contributed by atoms with van der Waals surface area (Å²) in [6.07, 6.45) is 2.66. The summed E-state index contributed by atoms with van der Waals surface area (Å²) in [6.45, 7) is 5.97. The zero-order valence-corrected chi connectivity index (χ0v) is 11.9. The van der Waals surface area contributed by atoms with Gasteiger partial charge in [-0.25, -0.2) is 9.37 Å². The highest BCUT2D eigenvalue weighted by Crippen LogP contribution is 2.22. The third-order valence-corrected chi connectivity index (χ3v) is 3.11. The van der Waals surface area contributed by atoms with Crippen molar-refractivity contribution < 1.29 is 14.2 Å². The third-order valence-electron chi connectivity index (χ3n) is 3.11. The van der Waals surface area contributed by atoms with Crippen molar-refractivity contribution in [3.8, 4) is 5.75 Å². The van der Waals surface area contributed by atoms with E-state index < -0.39 is 11.9 Å². The van der Waals surface area contributed by atoms with E-state index in [-0.39, 0.29) is 5.56 Å². The molecule has 20 heavy (non-hydrogen) atoms. The van der Waals surface area contributed by atoms with Gasteiger partial charge in [0.25, 0.3) is 0 Å². The zero-order chi connectivity index (χ0) is 14.7. The molecule has 0 aliphatic carbocycles. The van der Waals surface area contributed by atoms with Crippen LogP contribution in [0.2, 0.25) is 0 Å². The normalized spacial score (nSPS) is 12.7. The Morgan fingerprint density at radius 1 is 1.35 bits per heavy atom. The Kier molecular flexibility index (Phi) is 4.39. The maximum atomic E-state index is 13.7. The van der Waals surface area contributed by atoms with Gasteiger partial charge >= 0.3 is 0 Å². The second kappa shape index (κ2) is 6.05. The highest BCUT2D eigenvalue weighted by atomic mass is 19.1. The molecule has 0 spiro atoms. The fourth-order valence-electron chi connectivity index (χ4n) is 2.00. The van der Waals surface area contributed by atoms with Crippen molar-refractivity contribution in [2.75, 3.05) is 0 Å². The van der Waals surface area contributed by atoms with Crippen molar-refractivity contribution in [3.05, 3.63) is 47.8 Å². The summed E-state index contributed by atoms with van der Waals surface area (Å²) in [5.41, 5.74) is 1.20. The zero-order valence-electron chi connectivity index (χ0n) is 11.9. The Bertz CT molecular complexity index is 579. The lowest BCUT2D eigenvalue weighted by atomic mass is 10.1. The largest absolute Gasteiger partial charge is 0.487 e. The molecule has 1 aromatic carbocycles. The summed E-state index contributed by atoms with van der Waals surface area (Å²) in [6, 6.07) is 4.78. The molecule has 0 radical (unpaired) electrons. The van der Waals surface area contributed by atoms with E-state index in [0.29, 0.717) is 18.4 Å². The number of aliphatic hydroxyl groups excluding tert-OH is 1. The Balaban J connectivity index is 2.08. The number of benzene rings is 1. The van der Waals surface area contributed by atoms with Crippen molar-refractivity contribution >= 4 is 0 Å². The summed E-state index contributed by atoms with van der Waals surface area (Å²) in [4.78, 5) is 4.09. The standard InChI is InChI=1S/C15H19FN2O2/c1-10(2)18-9-17-7-12(18)8-20-13-4-5-14(11(3)19)15(16)6-13/h4-7,9-11,19H,8H2,1-3H3/t11-/m1/s1. The Hall–Kier alpha value is -1.88. The van der Waals surface area contributed by atoms with Gasteiger partial charge in [0.2, 0.25) is 0 Å². The lowest BCUT2D eigenvalue weighted by molar-refractivity contribution is 0.193. The molecule has 5 heteroatoms. The van der Waals surface area contributed by atoms with Crippen LogP contribution in [-0.4, -0.2) is 14.7 Å². The summed E-state index contributed by atoms with van der Waals surface area (Å²) >= 11 is 0. The maximum Gasteiger partial charge on any atom is 0.132 e. The molecular weight excluding hydrogens is 259 g/mol. The number of aliphatic hydroxyl groups is 1. The molecule has 0 saturated heterocycles. The first-order valence-electron chi connectivity index (χ1n) is 6.60. The van der Waals surface area contributed by atoms with Gasteiger partial charge < -0.3 is 14.4 Å². The van der Waals surface area contributed by atoms with Gasteiger partial charge in [0.1, 0.15) is 18.2 Å². The highest BCUT2D eigenvalue weighted by molar-refractivity contribution is 5.30. The fraction of sp³-hybridized carbons (Fsp3) is 0.400. The molecule has 0 fully saturated rings. The average Bonchev–Trinajstić information content (AvgIpc) is 2.84. The van der Waals surface area contributed by atoms with Gasteiger partial charge in [-0.05, 0) is 32.9 Å². The van der Waals surface area contributed by atoms with Crippen LogP contribution in [0, 0.1) is 5.82 Å². The van der Waals surface area contributed by atoms with Gasteiger partial charge in [-0.15, -0.1) is 0 Å². The lowest BCUT2D eigenvalue weighted by Crippen LogP contribution is -2.07. The number of aromatic nitrogens is 2. The van der Waals surface area contributed by atoms with E-state index in [1.807, 2.05) is 4.57 Å². The second-order valence-corrected chi connectivity index (χ2v) is 5.03. The molecule has 1 N–H and O–H groups in total. The van der Waals surface area contributed by atoms with Gasteiger partial charge in [-0.1, -0.05) is 0 Å². The van der Waals surface area contributed by atoms with Crippen LogP contribution in [-0.2, 0) is 6.61 Å². The molecule has 0 unspecified atom stereocenters. The van der Waals surface area contributed by atoms with Crippen molar-refractivity contribution in [3.63, 3.8) is 0 Å². The van der Waals surface area contributed by atoms with Crippen LogP contribution in [0.25, 0.3) is 0 Å². The van der Waals surface area contributed by atoms with Crippen LogP contribution < -0.4 is 4.74 Å². The van der Waals surface area contributed by atoms with E-state index in [0.717, 1.165) is 5.69 Å². The predicted octanol–water partition coefficient (Wildman–Crippen LogP) is 3.24. The van der Waals surface area contributed by atoms with E-state index in [1.165, 1.54) is 19.1 Å². The molecule has 1 heterocycles. The number of halogens is 1. The molecule has 0 aliphatic rings. The molecule has 0 aliphatic heterocycles. The second-order valence-electron chi connectivity index (χ2n) is 5.03. The summed E-state index contributed by atoms with van der Waals surface area (Å²) in [7, 11) is 0. The molecule has 1 aromatic heterocycles. The summed E-state index contributed by atoms with van der Waals surface area (Å²) in [5, 5.41) is 9.38. The quantitative estimate of drug-likeness (QED) is 0.913. The maximum absolute atomic E-state index is 13.7. The minimum absolute atomic E-state index is 0.268. The van der Waals surface area contributed by atoms with Crippen LogP contribution in [0.4, 0.5) is 4.39 Å². The third kappa shape index (κ3) is 3.17. The molecule has 4 nitrogen and oxygen atoms in total. The Labute approximate surface area is 117 Å². The van der Waals surface area contributed by atoms with Crippen LogP contribution in [0.15, 0.2) is 30.7 Å². The monoisotopic (exact) mass is 278 g/mol. The molecule has 0 bridgehead atoms. The first kappa shape index (κ1) is 14.5. The topological polar surface area (TPSA) is 47.3 Å². The lowest BCUT2D eigenvalue weighted by Gasteiger charge is -2.13. The Morgan fingerprint density at radius 3 is 2.70 bits per heavy atom. The number of imidazole rings is 1. The molecular formula is C15H19FN2O2. The molecule has 0 saturated carbocycles. The van der Waals surface area contributed by atoms with E-state index in [4.69, 9.17) is 4.74 Å².